The first kappa shape index (κ1) is 8.90. The molecule has 0 aromatic heterocycles. The van der Waals surface area contributed by atoms with E-state index in [9.17, 15) is 9.59 Å². The highest BCUT2D eigenvalue weighted by Crippen LogP contribution is 1.92. The fraction of sp³-hybridized carbons (Fsp3) is 0.600. The lowest BCUT2D eigenvalue weighted by atomic mass is 10.2. The summed E-state index contributed by atoms with van der Waals surface area (Å²) >= 11 is 0. The Kier molecular flexibility index (Phi) is 3.42. The van der Waals surface area contributed by atoms with Gasteiger partial charge in [-0.3, -0.25) is 9.59 Å². The number of hydrogen-bond acceptors (Lipinski definition) is 3. The van der Waals surface area contributed by atoms with E-state index in [0.717, 1.165) is 0 Å². The lowest BCUT2D eigenvalue weighted by molar-refractivity contribution is -0.138. The van der Waals surface area contributed by atoms with E-state index in [0.29, 0.717) is 0 Å². The Balaban J connectivity index is 3.49. The Hall–Kier alpha value is -1.10. The molecule has 0 saturated carbocycles. The molecule has 5 N–H and O–H groups in total. The summed E-state index contributed by atoms with van der Waals surface area (Å²) in [5, 5.41) is 8.22. The van der Waals surface area contributed by atoms with Gasteiger partial charge in [-0.05, 0) is 6.42 Å². The molecule has 1 atom stereocenters. The van der Waals surface area contributed by atoms with Crippen molar-refractivity contribution in [3.05, 3.63) is 0 Å². The molecule has 0 rings (SSSR count). The molecule has 0 aliphatic carbocycles. The zero-order chi connectivity index (χ0) is 8.15. The number of carbonyl (C=O) groups is 2. The summed E-state index contributed by atoms with van der Waals surface area (Å²) in [6, 6.07) is -0.979. The first-order valence-electron chi connectivity index (χ1n) is 2.80. The van der Waals surface area contributed by atoms with Gasteiger partial charge in [-0.1, -0.05) is 0 Å². The Morgan fingerprint density at radius 3 is 2.30 bits per heavy atom. The Morgan fingerprint density at radius 2 is 2.00 bits per heavy atom. The van der Waals surface area contributed by atoms with Gasteiger partial charge in [0.25, 0.3) is 0 Å². The van der Waals surface area contributed by atoms with Crippen molar-refractivity contribution >= 4 is 11.9 Å². The van der Waals surface area contributed by atoms with E-state index in [1.54, 1.807) is 0 Å². The second kappa shape index (κ2) is 3.84. The standard InChI is InChI=1S/C5H10N2O3/c6-3(5(9)10)1-2-4(7)8/h3H,1-2,6H2,(H2,7,8)(H,9,10)/i4+1. The number of carbonyl (C=O) groups excluding carboxylic acids is 1. The van der Waals surface area contributed by atoms with Crippen LogP contribution in [0.2, 0.25) is 0 Å². The molecule has 58 valence electrons. The van der Waals surface area contributed by atoms with Gasteiger partial charge in [0.05, 0.1) is 0 Å². The maximum Gasteiger partial charge on any atom is 0.320 e. The normalized spacial score (nSPS) is 12.5. The predicted molar refractivity (Wildman–Crippen MR) is 34.0 cm³/mol. The number of carboxylic acid groups (broad SMARTS) is 1. The van der Waals surface area contributed by atoms with Crippen LogP contribution in [0.4, 0.5) is 0 Å². The molecule has 1 unspecified atom stereocenters. The monoisotopic (exact) mass is 147 g/mol. The topological polar surface area (TPSA) is 106 Å². The van der Waals surface area contributed by atoms with Crippen LogP contribution in [0.3, 0.4) is 0 Å². The number of carboxylic acids is 1. The highest BCUT2D eigenvalue weighted by Gasteiger charge is 2.11. The van der Waals surface area contributed by atoms with Crippen molar-refractivity contribution < 1.29 is 14.7 Å². The molecule has 0 aliphatic rings. The van der Waals surface area contributed by atoms with E-state index in [-0.39, 0.29) is 12.8 Å². The van der Waals surface area contributed by atoms with Gasteiger partial charge in [0.15, 0.2) is 0 Å². The van der Waals surface area contributed by atoms with Gasteiger partial charge in [-0.25, -0.2) is 0 Å². The van der Waals surface area contributed by atoms with E-state index in [4.69, 9.17) is 16.6 Å². The highest BCUT2D eigenvalue weighted by molar-refractivity contribution is 5.76. The molecular weight excluding hydrogens is 137 g/mol. The minimum absolute atomic E-state index is 0.0213. The second-order valence-electron chi connectivity index (χ2n) is 1.95. The van der Waals surface area contributed by atoms with Crippen LogP contribution in [0.15, 0.2) is 0 Å². The van der Waals surface area contributed by atoms with E-state index in [1.807, 2.05) is 0 Å². The summed E-state index contributed by atoms with van der Waals surface area (Å²) in [7, 11) is 0. The van der Waals surface area contributed by atoms with Crippen molar-refractivity contribution in [2.75, 3.05) is 0 Å². The molecule has 0 bridgehead atoms. The van der Waals surface area contributed by atoms with Gasteiger partial charge in [0.2, 0.25) is 5.91 Å². The van der Waals surface area contributed by atoms with Gasteiger partial charge in [0, 0.05) is 6.42 Å². The van der Waals surface area contributed by atoms with Gasteiger partial charge in [-0.2, -0.15) is 0 Å². The fourth-order valence-corrected chi connectivity index (χ4v) is 0.421. The summed E-state index contributed by atoms with van der Waals surface area (Å²) in [6.07, 6.45) is 0.123. The third kappa shape index (κ3) is 3.85. The first-order chi connectivity index (χ1) is 4.54. The largest absolute Gasteiger partial charge is 0.480 e. The fourth-order valence-electron chi connectivity index (χ4n) is 0.421. The number of rotatable bonds is 4. The molecular formula is C5H10N2O3. The Bertz CT molecular complexity index is 146. The van der Waals surface area contributed by atoms with E-state index in [2.05, 4.69) is 0 Å². The van der Waals surface area contributed by atoms with Crippen LogP contribution >= 0.6 is 0 Å². The molecule has 1 amide bonds. The number of amides is 1. The molecule has 0 heterocycles. The molecule has 0 saturated heterocycles. The number of aliphatic carboxylic acids is 1. The molecule has 10 heavy (non-hydrogen) atoms. The van der Waals surface area contributed by atoms with Gasteiger partial charge in [-0.15, -0.1) is 0 Å². The van der Waals surface area contributed by atoms with Crippen LogP contribution in [0.25, 0.3) is 0 Å². The smallest absolute Gasteiger partial charge is 0.320 e. The van der Waals surface area contributed by atoms with Crippen molar-refractivity contribution in [1.29, 1.82) is 0 Å². The lowest BCUT2D eigenvalue weighted by Gasteiger charge is -2.01. The maximum atomic E-state index is 10.1. The van der Waals surface area contributed by atoms with Crippen LogP contribution in [-0.2, 0) is 9.59 Å². The minimum atomic E-state index is -1.11. The van der Waals surface area contributed by atoms with Crippen LogP contribution in [0, 0.1) is 0 Å². The molecule has 5 nitrogen and oxygen atoms in total. The van der Waals surface area contributed by atoms with Crippen molar-refractivity contribution in [1.82, 2.24) is 0 Å². The molecule has 0 aromatic rings. The van der Waals surface area contributed by atoms with Gasteiger partial charge in [0.1, 0.15) is 6.04 Å². The average Bonchev–Trinajstić information content (AvgIpc) is 1.82. The third-order valence-corrected chi connectivity index (χ3v) is 1.02. The summed E-state index contributed by atoms with van der Waals surface area (Å²) in [5.41, 5.74) is 9.81. The lowest BCUT2D eigenvalue weighted by Crippen LogP contribution is -2.31. The van der Waals surface area contributed by atoms with E-state index in [1.165, 1.54) is 0 Å². The van der Waals surface area contributed by atoms with Crippen LogP contribution in [0.5, 0.6) is 0 Å². The first-order valence-corrected chi connectivity index (χ1v) is 2.80. The maximum absolute atomic E-state index is 10.1. The van der Waals surface area contributed by atoms with Crippen molar-refractivity contribution in [2.24, 2.45) is 11.5 Å². The average molecular weight is 147 g/mol. The molecule has 0 radical (unpaired) electrons. The van der Waals surface area contributed by atoms with Crippen molar-refractivity contribution in [3.8, 4) is 0 Å². The van der Waals surface area contributed by atoms with Crippen LogP contribution in [0.1, 0.15) is 12.8 Å². The molecule has 0 aromatic carbocycles. The molecule has 5 heteroatoms. The van der Waals surface area contributed by atoms with Crippen molar-refractivity contribution in [3.63, 3.8) is 0 Å². The quantitative estimate of drug-likeness (QED) is 0.428. The summed E-state index contributed by atoms with van der Waals surface area (Å²) in [5.74, 6) is -1.64. The molecule has 0 aliphatic heterocycles. The SMILES string of the molecule is NC(CC[13C](N)=O)C(=O)O. The Morgan fingerprint density at radius 1 is 1.50 bits per heavy atom. The van der Waals surface area contributed by atoms with Gasteiger partial charge < -0.3 is 16.6 Å². The predicted octanol–water partition coefficient (Wildman–Crippen LogP) is -1.34. The third-order valence-electron chi connectivity index (χ3n) is 1.02. The summed E-state index contributed by atoms with van der Waals surface area (Å²) in [6.45, 7) is 0. The minimum Gasteiger partial charge on any atom is -0.480 e. The molecule has 0 spiro atoms. The second-order valence-corrected chi connectivity index (χ2v) is 1.95. The zero-order valence-electron chi connectivity index (χ0n) is 5.41. The molecule has 0 fully saturated rings. The van der Waals surface area contributed by atoms with E-state index < -0.39 is 17.9 Å². The number of hydrogen-bond donors (Lipinski definition) is 3. The summed E-state index contributed by atoms with van der Waals surface area (Å²) in [4.78, 5) is 20.1. The summed E-state index contributed by atoms with van der Waals surface area (Å²) < 4.78 is 0. The highest BCUT2D eigenvalue weighted by atomic mass is 16.4. The van der Waals surface area contributed by atoms with Crippen molar-refractivity contribution in [2.45, 2.75) is 18.9 Å². The van der Waals surface area contributed by atoms with Crippen LogP contribution < -0.4 is 11.5 Å². The zero-order valence-corrected chi connectivity index (χ0v) is 5.41. The van der Waals surface area contributed by atoms with E-state index >= 15 is 0 Å². The number of primary amides is 1. The number of nitrogens with two attached hydrogens (primary N) is 2. The van der Waals surface area contributed by atoms with Gasteiger partial charge >= 0.3 is 5.97 Å². The van der Waals surface area contributed by atoms with Crippen LogP contribution in [-0.4, -0.2) is 23.0 Å². The Labute approximate surface area is 58.0 Å².